The van der Waals surface area contributed by atoms with Crippen LogP contribution >= 0.6 is 12.2 Å². The van der Waals surface area contributed by atoms with Crippen LogP contribution in [0.15, 0.2) is 41.7 Å². The first-order chi connectivity index (χ1) is 9.20. The Balaban J connectivity index is 2.84. The van der Waals surface area contributed by atoms with Crippen LogP contribution in [0.1, 0.15) is 6.42 Å². The molecule has 0 aliphatic heterocycles. The Bertz CT molecular complexity index is 780. The molecule has 19 heavy (non-hydrogen) atoms. The maximum Gasteiger partial charge on any atom is 0.262 e. The molecule has 1 heterocycles. The zero-order valence-corrected chi connectivity index (χ0v) is 11.2. The lowest BCUT2D eigenvalue weighted by Crippen LogP contribution is -2.25. The van der Waals surface area contributed by atoms with Crippen LogP contribution in [-0.2, 0) is 13.1 Å². The number of nitriles is 1. The normalized spacial score (nSPS) is 10.3. The highest BCUT2D eigenvalue weighted by Crippen LogP contribution is 2.11. The fraction of sp³-hybridized carbons (Fsp3) is 0.214. The number of aromatic nitrogens is 2. The van der Waals surface area contributed by atoms with Crippen LogP contribution in [0.2, 0.25) is 0 Å². The number of hydrogen-bond donors (Lipinski definition) is 0. The van der Waals surface area contributed by atoms with Crippen LogP contribution in [-0.4, -0.2) is 9.13 Å². The average molecular weight is 271 g/mol. The van der Waals surface area contributed by atoms with Gasteiger partial charge in [0.15, 0.2) is 4.77 Å². The lowest BCUT2D eigenvalue weighted by atomic mass is 10.2. The van der Waals surface area contributed by atoms with Gasteiger partial charge in [0.25, 0.3) is 5.56 Å². The standard InChI is InChI=1S/C14H13N3OS/c1-2-9-17-13(18)11-6-3-4-7-12(11)16(14(17)19)10-5-8-15/h2-4,6-7H,1,5,9-10H2. The number of hydrogen-bond acceptors (Lipinski definition) is 3. The molecule has 0 atom stereocenters. The summed E-state index contributed by atoms with van der Waals surface area (Å²) in [6, 6.07) is 9.40. The molecule has 0 saturated heterocycles. The molecule has 5 heteroatoms. The molecule has 0 amide bonds. The van der Waals surface area contributed by atoms with E-state index < -0.39 is 0 Å². The van der Waals surface area contributed by atoms with Gasteiger partial charge in [-0.15, -0.1) is 6.58 Å². The van der Waals surface area contributed by atoms with Crippen molar-refractivity contribution in [1.29, 1.82) is 5.26 Å². The average Bonchev–Trinajstić information content (AvgIpc) is 2.43. The Kier molecular flexibility index (Phi) is 3.93. The van der Waals surface area contributed by atoms with E-state index in [-0.39, 0.29) is 5.56 Å². The molecular formula is C14H13N3OS. The minimum atomic E-state index is -0.117. The molecule has 0 radical (unpaired) electrons. The van der Waals surface area contributed by atoms with Gasteiger partial charge in [-0.1, -0.05) is 18.2 Å². The summed E-state index contributed by atoms with van der Waals surface area (Å²) in [5.41, 5.74) is 0.654. The summed E-state index contributed by atoms with van der Waals surface area (Å²) in [7, 11) is 0. The first kappa shape index (κ1) is 13.2. The summed E-state index contributed by atoms with van der Waals surface area (Å²) < 4.78 is 3.76. The largest absolute Gasteiger partial charge is 0.317 e. The second kappa shape index (κ2) is 5.63. The van der Waals surface area contributed by atoms with Crippen LogP contribution in [0.3, 0.4) is 0 Å². The van der Waals surface area contributed by atoms with Crippen LogP contribution in [0, 0.1) is 16.1 Å². The first-order valence-electron chi connectivity index (χ1n) is 5.91. The van der Waals surface area contributed by atoms with E-state index in [1.807, 2.05) is 22.8 Å². The van der Waals surface area contributed by atoms with Crippen LogP contribution < -0.4 is 5.56 Å². The highest BCUT2D eigenvalue weighted by atomic mass is 32.1. The van der Waals surface area contributed by atoms with Crippen LogP contribution in [0.25, 0.3) is 10.9 Å². The van der Waals surface area contributed by atoms with E-state index in [1.54, 1.807) is 12.1 Å². The van der Waals surface area contributed by atoms with Gasteiger partial charge in [0.1, 0.15) is 0 Å². The minimum absolute atomic E-state index is 0.117. The Morgan fingerprint density at radius 1 is 1.37 bits per heavy atom. The summed E-state index contributed by atoms with van der Waals surface area (Å²) in [4.78, 5) is 12.3. The summed E-state index contributed by atoms with van der Waals surface area (Å²) in [5, 5.41) is 9.34. The predicted molar refractivity (Wildman–Crippen MR) is 77.5 cm³/mol. The van der Waals surface area contributed by atoms with Crippen molar-refractivity contribution in [3.63, 3.8) is 0 Å². The number of nitrogens with zero attached hydrogens (tertiary/aromatic N) is 3. The number of fused-ring (bicyclic) bond motifs is 1. The minimum Gasteiger partial charge on any atom is -0.317 e. The molecule has 1 aromatic carbocycles. The van der Waals surface area contributed by atoms with Crippen molar-refractivity contribution < 1.29 is 0 Å². The van der Waals surface area contributed by atoms with E-state index in [4.69, 9.17) is 17.5 Å². The lowest BCUT2D eigenvalue weighted by Gasteiger charge is -2.13. The second-order valence-electron chi connectivity index (χ2n) is 4.06. The molecule has 0 bridgehead atoms. The number of benzene rings is 1. The molecular weight excluding hydrogens is 258 g/mol. The van der Waals surface area contributed by atoms with Crippen LogP contribution in [0.5, 0.6) is 0 Å². The van der Waals surface area contributed by atoms with E-state index in [0.29, 0.717) is 29.7 Å². The van der Waals surface area contributed by atoms with Crippen molar-refractivity contribution in [1.82, 2.24) is 9.13 Å². The van der Waals surface area contributed by atoms with E-state index in [2.05, 4.69) is 12.6 Å². The monoisotopic (exact) mass is 271 g/mol. The molecule has 0 unspecified atom stereocenters. The van der Waals surface area contributed by atoms with E-state index in [9.17, 15) is 4.79 Å². The third-order valence-corrected chi connectivity index (χ3v) is 3.33. The Morgan fingerprint density at radius 2 is 2.11 bits per heavy atom. The third kappa shape index (κ3) is 2.35. The van der Waals surface area contributed by atoms with Crippen molar-refractivity contribution in [3.05, 3.63) is 52.0 Å². The van der Waals surface area contributed by atoms with Gasteiger partial charge >= 0.3 is 0 Å². The molecule has 4 nitrogen and oxygen atoms in total. The highest BCUT2D eigenvalue weighted by Gasteiger charge is 2.09. The molecule has 1 aromatic heterocycles. The third-order valence-electron chi connectivity index (χ3n) is 2.89. The molecule has 0 saturated carbocycles. The molecule has 2 aromatic rings. The fourth-order valence-corrected chi connectivity index (χ4v) is 2.39. The quantitative estimate of drug-likeness (QED) is 0.634. The number of allylic oxidation sites excluding steroid dienone is 1. The molecule has 0 N–H and O–H groups in total. The van der Waals surface area contributed by atoms with E-state index in [0.717, 1.165) is 5.52 Å². The van der Waals surface area contributed by atoms with Crippen LogP contribution in [0.4, 0.5) is 0 Å². The summed E-state index contributed by atoms with van der Waals surface area (Å²) in [6.07, 6.45) is 1.99. The van der Waals surface area contributed by atoms with Gasteiger partial charge in [-0.25, -0.2) is 0 Å². The molecule has 2 rings (SSSR count). The molecule has 96 valence electrons. The van der Waals surface area contributed by atoms with Gasteiger partial charge in [-0.05, 0) is 24.4 Å². The van der Waals surface area contributed by atoms with Crippen molar-refractivity contribution in [2.24, 2.45) is 0 Å². The summed E-state index contributed by atoms with van der Waals surface area (Å²) in [6.45, 7) is 4.49. The van der Waals surface area contributed by atoms with Gasteiger partial charge in [0.05, 0.1) is 23.4 Å². The van der Waals surface area contributed by atoms with Crippen molar-refractivity contribution in [2.45, 2.75) is 19.5 Å². The molecule has 0 fully saturated rings. The smallest absolute Gasteiger partial charge is 0.262 e. The number of rotatable bonds is 4. The van der Waals surface area contributed by atoms with E-state index >= 15 is 0 Å². The van der Waals surface area contributed by atoms with Crippen molar-refractivity contribution >= 4 is 23.1 Å². The van der Waals surface area contributed by atoms with Gasteiger partial charge in [0, 0.05) is 13.1 Å². The van der Waals surface area contributed by atoms with Crippen molar-refractivity contribution in [2.75, 3.05) is 0 Å². The summed E-state index contributed by atoms with van der Waals surface area (Å²) in [5.74, 6) is 0. The predicted octanol–water partition coefficient (Wildman–Crippen LogP) is 2.63. The van der Waals surface area contributed by atoms with Crippen molar-refractivity contribution in [3.8, 4) is 6.07 Å². The maximum atomic E-state index is 12.3. The molecule has 0 aliphatic carbocycles. The van der Waals surface area contributed by atoms with Gasteiger partial charge in [0.2, 0.25) is 0 Å². The Labute approximate surface area is 115 Å². The SMILES string of the molecule is C=CCn1c(=O)c2ccccc2n(CCC#N)c1=S. The zero-order valence-electron chi connectivity index (χ0n) is 10.4. The zero-order chi connectivity index (χ0) is 13.8. The summed E-state index contributed by atoms with van der Waals surface area (Å²) >= 11 is 5.35. The van der Waals surface area contributed by atoms with Gasteiger partial charge in [-0.2, -0.15) is 5.26 Å². The molecule has 0 aliphatic rings. The topological polar surface area (TPSA) is 50.7 Å². The number of para-hydroxylation sites is 1. The maximum absolute atomic E-state index is 12.3. The van der Waals surface area contributed by atoms with Gasteiger partial charge < -0.3 is 4.57 Å². The number of aryl methyl sites for hydroxylation is 1. The first-order valence-corrected chi connectivity index (χ1v) is 6.31. The van der Waals surface area contributed by atoms with Gasteiger partial charge in [-0.3, -0.25) is 9.36 Å². The lowest BCUT2D eigenvalue weighted by molar-refractivity contribution is 0.638. The second-order valence-corrected chi connectivity index (χ2v) is 4.43. The molecule has 0 spiro atoms. The Morgan fingerprint density at radius 3 is 2.79 bits per heavy atom. The Hall–Kier alpha value is -2.19. The van der Waals surface area contributed by atoms with E-state index in [1.165, 1.54) is 4.57 Å². The fourth-order valence-electron chi connectivity index (χ4n) is 2.04. The highest BCUT2D eigenvalue weighted by molar-refractivity contribution is 7.71.